The van der Waals surface area contributed by atoms with Crippen molar-refractivity contribution in [2.45, 2.75) is 127 Å². The van der Waals surface area contributed by atoms with Gasteiger partial charge in [0.1, 0.15) is 0 Å². The lowest BCUT2D eigenvalue weighted by molar-refractivity contribution is 0.186. The van der Waals surface area contributed by atoms with Crippen LogP contribution in [0.5, 0.6) is 0 Å². The van der Waals surface area contributed by atoms with E-state index in [1.165, 1.54) is 81.1 Å². The van der Waals surface area contributed by atoms with Crippen molar-refractivity contribution in [3.63, 3.8) is 0 Å². The van der Waals surface area contributed by atoms with Crippen molar-refractivity contribution in [1.82, 2.24) is 16.0 Å². The minimum atomic E-state index is 0.165. The van der Waals surface area contributed by atoms with Crippen LogP contribution in [0.2, 0.25) is 0 Å². The topological polar surface area (TPSA) is 48.5 Å². The molecule has 1 saturated heterocycles. The van der Waals surface area contributed by atoms with Gasteiger partial charge in [0.25, 0.3) is 0 Å². The van der Waals surface area contributed by atoms with E-state index >= 15 is 0 Å². The highest BCUT2D eigenvalue weighted by atomic mass is 15.4. The van der Waals surface area contributed by atoms with Crippen LogP contribution >= 0.6 is 0 Å². The monoisotopic (exact) mass is 614 g/mol. The smallest absolute Gasteiger partial charge is 0.0824 e. The molecule has 8 rings (SSSR count). The first-order valence-corrected chi connectivity index (χ1v) is 18.7. The summed E-state index contributed by atoms with van der Waals surface area (Å²) in [6.07, 6.45) is 35.3. The Hall–Kier alpha value is -2.79. The second kappa shape index (κ2) is 13.4. The molecule has 2 aliphatic heterocycles. The van der Waals surface area contributed by atoms with Crippen LogP contribution in [0, 0.1) is 17.8 Å². The quantitative estimate of drug-likeness (QED) is 0.290. The van der Waals surface area contributed by atoms with Gasteiger partial charge in [0.2, 0.25) is 0 Å². The molecule has 9 atom stereocenters. The van der Waals surface area contributed by atoms with Gasteiger partial charge >= 0.3 is 0 Å². The van der Waals surface area contributed by atoms with E-state index in [0.29, 0.717) is 35.6 Å². The van der Waals surface area contributed by atoms with E-state index in [9.17, 15) is 0 Å². The standard InChI is InChI=1S/C42H54N4/c1-27-23-33(24-28(2)43-27)35-22-21-32(26-38(35)39-25-31-17-9-10-18-34(31)36-19-11-12-20-37(36)39)42-45-40(29-13-5-3-6-14-29)44-41(46-42)30-15-7-4-8-16-30/h5,9,11-13,15,17,19-23,28-29,31,34,38-42,44-46H,3-4,6-8,10,14,16,18,24-26H2,1-2H3. The van der Waals surface area contributed by atoms with Crippen molar-refractivity contribution in [1.29, 1.82) is 0 Å². The predicted octanol–water partition coefficient (Wildman–Crippen LogP) is 8.89. The van der Waals surface area contributed by atoms with E-state index in [1.807, 2.05) is 0 Å². The van der Waals surface area contributed by atoms with Gasteiger partial charge in [-0.2, -0.15) is 0 Å². The van der Waals surface area contributed by atoms with Crippen LogP contribution in [0.15, 0.2) is 100 Å². The summed E-state index contributed by atoms with van der Waals surface area (Å²) in [7, 11) is 0. The molecule has 1 fully saturated rings. The lowest BCUT2D eigenvalue weighted by Gasteiger charge is -2.47. The SMILES string of the molecule is CC1=NC(C)CC(C2=CC=C(C3NC(C4=CCCCC4)NC(C4C=CCCC4)N3)CC2C2CC3C=CCCC3c3ccccc32)=C1. The van der Waals surface area contributed by atoms with Crippen LogP contribution in [-0.4, -0.2) is 30.3 Å². The Balaban J connectivity index is 1.16. The number of hydrogen-bond donors (Lipinski definition) is 3. The van der Waals surface area contributed by atoms with Crippen LogP contribution in [-0.2, 0) is 0 Å². The number of allylic oxidation sites excluding steroid dienone is 8. The van der Waals surface area contributed by atoms with Gasteiger partial charge in [-0.05, 0) is 154 Å². The molecule has 242 valence electrons. The summed E-state index contributed by atoms with van der Waals surface area (Å²) < 4.78 is 0. The number of rotatable bonds is 5. The summed E-state index contributed by atoms with van der Waals surface area (Å²) in [6, 6.07) is 9.87. The Morgan fingerprint density at radius 1 is 0.739 bits per heavy atom. The maximum absolute atomic E-state index is 4.90. The molecule has 2 heterocycles. The number of dihydropyridines is 1. The lowest BCUT2D eigenvalue weighted by atomic mass is 9.61. The van der Waals surface area contributed by atoms with Gasteiger partial charge < -0.3 is 0 Å². The third-order valence-electron chi connectivity index (χ3n) is 12.2. The van der Waals surface area contributed by atoms with Gasteiger partial charge in [-0.15, -0.1) is 0 Å². The zero-order valence-corrected chi connectivity index (χ0v) is 28.1. The Morgan fingerprint density at radius 3 is 2.33 bits per heavy atom. The van der Waals surface area contributed by atoms with Gasteiger partial charge in [0.15, 0.2) is 0 Å². The molecule has 9 unspecified atom stereocenters. The first-order chi connectivity index (χ1) is 22.6. The maximum atomic E-state index is 4.90. The van der Waals surface area contributed by atoms with Crippen LogP contribution in [0.3, 0.4) is 0 Å². The van der Waals surface area contributed by atoms with Crippen LogP contribution in [0.1, 0.15) is 114 Å². The second-order valence-corrected chi connectivity index (χ2v) is 15.3. The summed E-state index contributed by atoms with van der Waals surface area (Å²) in [5.41, 5.74) is 10.6. The molecule has 1 aromatic rings. The molecule has 0 bridgehead atoms. The number of aliphatic imine (C=N–C) groups is 1. The molecular weight excluding hydrogens is 560 g/mol. The predicted molar refractivity (Wildman–Crippen MR) is 192 cm³/mol. The Labute approximate surface area is 277 Å². The van der Waals surface area contributed by atoms with Crippen LogP contribution in [0.25, 0.3) is 0 Å². The van der Waals surface area contributed by atoms with E-state index in [2.05, 4.69) is 103 Å². The molecule has 5 aliphatic carbocycles. The van der Waals surface area contributed by atoms with E-state index in [1.54, 1.807) is 22.3 Å². The first kappa shape index (κ1) is 30.5. The first-order valence-electron chi connectivity index (χ1n) is 18.7. The van der Waals surface area contributed by atoms with Crippen molar-refractivity contribution in [2.24, 2.45) is 22.7 Å². The molecule has 0 spiro atoms. The zero-order valence-electron chi connectivity index (χ0n) is 28.1. The molecule has 3 N–H and O–H groups in total. The van der Waals surface area contributed by atoms with E-state index < -0.39 is 0 Å². The summed E-state index contributed by atoms with van der Waals surface area (Å²) >= 11 is 0. The third-order valence-corrected chi connectivity index (χ3v) is 12.2. The van der Waals surface area contributed by atoms with Gasteiger partial charge in [0, 0.05) is 11.6 Å². The number of hydrogen-bond acceptors (Lipinski definition) is 4. The van der Waals surface area contributed by atoms with Crippen LogP contribution in [0.4, 0.5) is 0 Å². The summed E-state index contributed by atoms with van der Waals surface area (Å²) in [6.45, 7) is 4.47. The fourth-order valence-corrected chi connectivity index (χ4v) is 10.0. The Bertz CT molecular complexity index is 1520. The fourth-order valence-electron chi connectivity index (χ4n) is 10.0. The molecule has 0 amide bonds. The average Bonchev–Trinajstić information content (AvgIpc) is 3.11. The zero-order chi connectivity index (χ0) is 31.0. The fraction of sp³-hybridized carbons (Fsp3) is 0.548. The number of nitrogens with zero attached hydrogens (tertiary/aromatic N) is 1. The minimum absolute atomic E-state index is 0.165. The maximum Gasteiger partial charge on any atom is 0.0824 e. The number of nitrogens with one attached hydrogen (secondary N) is 3. The summed E-state index contributed by atoms with van der Waals surface area (Å²) in [5, 5.41) is 12.3. The molecule has 4 nitrogen and oxygen atoms in total. The molecule has 0 aromatic heterocycles. The highest BCUT2D eigenvalue weighted by Crippen LogP contribution is 2.53. The number of benzene rings is 1. The summed E-state index contributed by atoms with van der Waals surface area (Å²) in [4.78, 5) is 4.90. The average molecular weight is 615 g/mol. The molecular formula is C42H54N4. The molecule has 46 heavy (non-hydrogen) atoms. The van der Waals surface area contributed by atoms with Crippen molar-refractivity contribution in [2.75, 3.05) is 0 Å². The van der Waals surface area contributed by atoms with E-state index in [-0.39, 0.29) is 18.5 Å². The highest BCUT2D eigenvalue weighted by molar-refractivity contribution is 5.95. The van der Waals surface area contributed by atoms with Gasteiger partial charge in [0.05, 0.1) is 24.5 Å². The molecule has 1 aromatic carbocycles. The second-order valence-electron chi connectivity index (χ2n) is 15.3. The third kappa shape index (κ3) is 6.14. The normalized spacial score (nSPS) is 37.6. The largest absolute Gasteiger partial charge is 0.287 e. The van der Waals surface area contributed by atoms with E-state index in [0.717, 1.165) is 12.8 Å². The Kier molecular flexibility index (Phi) is 8.88. The molecule has 7 aliphatic rings. The van der Waals surface area contributed by atoms with Gasteiger partial charge in [-0.1, -0.05) is 66.8 Å². The van der Waals surface area contributed by atoms with Crippen molar-refractivity contribution in [3.05, 3.63) is 106 Å². The van der Waals surface area contributed by atoms with Gasteiger partial charge in [-0.3, -0.25) is 20.9 Å². The number of fused-ring (bicyclic) bond motifs is 3. The Morgan fingerprint density at radius 2 is 1.54 bits per heavy atom. The highest BCUT2D eigenvalue weighted by Gasteiger charge is 2.42. The van der Waals surface area contributed by atoms with Crippen molar-refractivity contribution < 1.29 is 0 Å². The van der Waals surface area contributed by atoms with Crippen LogP contribution < -0.4 is 16.0 Å². The molecule has 4 heteroatoms. The molecule has 0 saturated carbocycles. The van der Waals surface area contributed by atoms with Crippen molar-refractivity contribution >= 4 is 5.71 Å². The van der Waals surface area contributed by atoms with Gasteiger partial charge in [-0.25, -0.2) is 0 Å². The van der Waals surface area contributed by atoms with E-state index in [4.69, 9.17) is 4.99 Å². The summed E-state index contributed by atoms with van der Waals surface area (Å²) in [5.74, 6) is 2.83. The lowest BCUT2D eigenvalue weighted by Crippen LogP contribution is -2.70. The van der Waals surface area contributed by atoms with Crippen molar-refractivity contribution in [3.8, 4) is 0 Å². The minimum Gasteiger partial charge on any atom is -0.287 e. The molecule has 0 radical (unpaired) electrons.